The number of rotatable bonds is 6. The first-order valence-electron chi connectivity index (χ1n) is 8.03. The Hall–Kier alpha value is -2.94. The third-order valence-electron chi connectivity index (χ3n) is 3.98. The van der Waals surface area contributed by atoms with Crippen LogP contribution in [0.15, 0.2) is 53.6 Å². The van der Waals surface area contributed by atoms with Gasteiger partial charge in [0.25, 0.3) is 0 Å². The molecular formula is C17H18N4O4S. The SMILES string of the molecule is CCS(=O)(=O)n1c(=O)n(CC(=O)NCc2ccncc2)c2ccccc21. The van der Waals surface area contributed by atoms with Crippen molar-refractivity contribution in [3.63, 3.8) is 0 Å². The zero-order valence-electron chi connectivity index (χ0n) is 14.1. The topological polar surface area (TPSA) is 103 Å². The van der Waals surface area contributed by atoms with E-state index in [2.05, 4.69) is 10.3 Å². The smallest absolute Gasteiger partial charge is 0.343 e. The first-order chi connectivity index (χ1) is 12.4. The zero-order valence-corrected chi connectivity index (χ0v) is 14.9. The first-order valence-corrected chi connectivity index (χ1v) is 9.64. The van der Waals surface area contributed by atoms with Gasteiger partial charge in [0.15, 0.2) is 0 Å². The molecule has 0 aliphatic heterocycles. The Labute approximate surface area is 150 Å². The maximum Gasteiger partial charge on any atom is 0.343 e. The molecule has 1 aromatic carbocycles. The molecule has 0 aliphatic carbocycles. The molecule has 0 aliphatic rings. The molecular weight excluding hydrogens is 356 g/mol. The van der Waals surface area contributed by atoms with Gasteiger partial charge >= 0.3 is 5.69 Å². The van der Waals surface area contributed by atoms with Crippen LogP contribution in [0.1, 0.15) is 12.5 Å². The molecule has 3 aromatic rings. The molecule has 3 rings (SSSR count). The molecule has 8 nitrogen and oxygen atoms in total. The molecule has 0 atom stereocenters. The van der Waals surface area contributed by atoms with Crippen LogP contribution in [0.4, 0.5) is 0 Å². The van der Waals surface area contributed by atoms with E-state index in [1.54, 1.807) is 48.8 Å². The van der Waals surface area contributed by atoms with Crippen molar-refractivity contribution >= 4 is 27.0 Å². The Morgan fingerprint density at radius 1 is 1.12 bits per heavy atom. The van der Waals surface area contributed by atoms with Gasteiger partial charge in [0.1, 0.15) is 6.54 Å². The third kappa shape index (κ3) is 3.38. The van der Waals surface area contributed by atoms with E-state index in [9.17, 15) is 18.0 Å². The Bertz CT molecular complexity index is 1100. The second-order valence-electron chi connectivity index (χ2n) is 5.65. The van der Waals surface area contributed by atoms with Gasteiger partial charge in [0.05, 0.1) is 16.8 Å². The van der Waals surface area contributed by atoms with Crippen LogP contribution in [0.5, 0.6) is 0 Å². The van der Waals surface area contributed by atoms with Crippen LogP contribution >= 0.6 is 0 Å². The van der Waals surface area contributed by atoms with Crippen molar-refractivity contribution in [3.8, 4) is 0 Å². The Balaban J connectivity index is 1.92. The van der Waals surface area contributed by atoms with E-state index in [1.807, 2.05) is 0 Å². The number of pyridine rings is 1. The number of benzene rings is 1. The van der Waals surface area contributed by atoms with E-state index in [4.69, 9.17) is 0 Å². The lowest BCUT2D eigenvalue weighted by atomic mass is 10.3. The van der Waals surface area contributed by atoms with Gasteiger partial charge < -0.3 is 5.32 Å². The van der Waals surface area contributed by atoms with Gasteiger partial charge in [0, 0.05) is 18.9 Å². The minimum absolute atomic E-state index is 0.213. The van der Waals surface area contributed by atoms with Crippen molar-refractivity contribution in [2.24, 2.45) is 0 Å². The zero-order chi connectivity index (χ0) is 18.7. The van der Waals surface area contributed by atoms with Crippen LogP contribution in [0.2, 0.25) is 0 Å². The molecule has 0 unspecified atom stereocenters. The van der Waals surface area contributed by atoms with Crippen molar-refractivity contribution in [1.29, 1.82) is 0 Å². The fraction of sp³-hybridized carbons (Fsp3) is 0.235. The minimum atomic E-state index is -3.78. The summed E-state index contributed by atoms with van der Waals surface area (Å²) in [4.78, 5) is 28.8. The first kappa shape index (κ1) is 17.9. The number of fused-ring (bicyclic) bond motifs is 1. The third-order valence-corrected chi connectivity index (χ3v) is 5.62. The molecule has 9 heteroatoms. The van der Waals surface area contributed by atoms with Crippen molar-refractivity contribution < 1.29 is 13.2 Å². The van der Waals surface area contributed by atoms with Gasteiger partial charge in [-0.15, -0.1) is 0 Å². The molecule has 0 radical (unpaired) electrons. The quantitative estimate of drug-likeness (QED) is 0.685. The minimum Gasteiger partial charge on any atom is -0.350 e. The fourth-order valence-electron chi connectivity index (χ4n) is 2.63. The molecule has 0 fully saturated rings. The van der Waals surface area contributed by atoms with Gasteiger partial charge in [-0.2, -0.15) is 3.97 Å². The summed E-state index contributed by atoms with van der Waals surface area (Å²) in [6.07, 6.45) is 3.24. The van der Waals surface area contributed by atoms with E-state index >= 15 is 0 Å². The maximum atomic E-state index is 12.7. The van der Waals surface area contributed by atoms with Crippen molar-refractivity contribution in [1.82, 2.24) is 18.8 Å². The predicted octanol–water partition coefficient (Wildman–Crippen LogP) is 0.712. The summed E-state index contributed by atoms with van der Waals surface area (Å²) in [7, 11) is -3.78. The number of para-hydroxylation sites is 2. The van der Waals surface area contributed by atoms with E-state index < -0.39 is 15.7 Å². The number of carbonyl (C=O) groups is 1. The van der Waals surface area contributed by atoms with E-state index in [1.165, 1.54) is 11.5 Å². The van der Waals surface area contributed by atoms with Gasteiger partial charge in [-0.05, 0) is 36.8 Å². The number of amides is 1. The van der Waals surface area contributed by atoms with Crippen LogP contribution in [-0.4, -0.2) is 33.6 Å². The Morgan fingerprint density at radius 2 is 1.77 bits per heavy atom. The highest BCUT2D eigenvalue weighted by molar-refractivity contribution is 7.90. The molecule has 2 aromatic heterocycles. The van der Waals surface area contributed by atoms with E-state index in [-0.39, 0.29) is 23.7 Å². The molecule has 1 amide bonds. The lowest BCUT2D eigenvalue weighted by Gasteiger charge is -2.06. The number of hydrogen-bond acceptors (Lipinski definition) is 5. The van der Waals surface area contributed by atoms with Crippen LogP contribution in [0.3, 0.4) is 0 Å². The van der Waals surface area contributed by atoms with Gasteiger partial charge in [0.2, 0.25) is 15.9 Å². The number of nitrogens with zero attached hydrogens (tertiary/aromatic N) is 3. The maximum absolute atomic E-state index is 12.7. The Kier molecular flexibility index (Phi) is 4.90. The van der Waals surface area contributed by atoms with E-state index in [0.717, 1.165) is 9.54 Å². The normalized spacial score (nSPS) is 11.6. The summed E-state index contributed by atoms with van der Waals surface area (Å²) in [6, 6.07) is 10.1. The fourth-order valence-corrected chi connectivity index (χ4v) is 3.68. The molecule has 26 heavy (non-hydrogen) atoms. The van der Waals surface area contributed by atoms with Crippen molar-refractivity contribution in [3.05, 3.63) is 64.8 Å². The number of aromatic nitrogens is 3. The van der Waals surface area contributed by atoms with Gasteiger partial charge in [-0.3, -0.25) is 14.3 Å². The van der Waals surface area contributed by atoms with Gasteiger partial charge in [-0.25, -0.2) is 13.2 Å². The summed E-state index contributed by atoms with van der Waals surface area (Å²) in [5.41, 5.74) is 0.790. The largest absolute Gasteiger partial charge is 0.350 e. The van der Waals surface area contributed by atoms with Crippen LogP contribution in [0.25, 0.3) is 11.0 Å². The Morgan fingerprint density at radius 3 is 2.42 bits per heavy atom. The molecule has 2 heterocycles. The lowest BCUT2D eigenvalue weighted by Crippen LogP contribution is -2.35. The van der Waals surface area contributed by atoms with Crippen molar-refractivity contribution in [2.75, 3.05) is 5.75 Å². The number of carbonyl (C=O) groups excluding carboxylic acids is 1. The highest BCUT2D eigenvalue weighted by atomic mass is 32.2. The molecule has 0 saturated carbocycles. The molecule has 0 spiro atoms. The van der Waals surface area contributed by atoms with Crippen LogP contribution in [-0.2, 0) is 27.9 Å². The summed E-state index contributed by atoms with van der Waals surface area (Å²) in [6.45, 7) is 1.49. The molecule has 0 bridgehead atoms. The standard InChI is InChI=1S/C17H18N4O4S/c1-2-26(24,25)21-15-6-4-3-5-14(15)20(17(21)23)12-16(22)19-11-13-7-9-18-10-8-13/h3-10H,2,11-12H2,1H3,(H,19,22). The molecule has 0 saturated heterocycles. The summed E-state index contributed by atoms with van der Waals surface area (Å²) >= 11 is 0. The number of imidazole rings is 1. The average Bonchev–Trinajstić information content (AvgIpc) is 2.93. The predicted molar refractivity (Wildman–Crippen MR) is 97.1 cm³/mol. The van der Waals surface area contributed by atoms with Crippen LogP contribution < -0.4 is 11.0 Å². The second kappa shape index (κ2) is 7.12. The average molecular weight is 374 g/mol. The summed E-state index contributed by atoms with van der Waals surface area (Å²) in [5.74, 6) is -0.601. The molecule has 1 N–H and O–H groups in total. The highest BCUT2D eigenvalue weighted by Gasteiger charge is 2.22. The molecule has 136 valence electrons. The summed E-state index contributed by atoms with van der Waals surface area (Å²) < 4.78 is 26.5. The lowest BCUT2D eigenvalue weighted by molar-refractivity contribution is -0.121. The second-order valence-corrected chi connectivity index (χ2v) is 7.76. The summed E-state index contributed by atoms with van der Waals surface area (Å²) in [5, 5.41) is 2.72. The highest BCUT2D eigenvalue weighted by Crippen LogP contribution is 2.15. The van der Waals surface area contributed by atoms with Crippen molar-refractivity contribution in [2.45, 2.75) is 20.0 Å². The number of nitrogens with one attached hydrogen (secondary N) is 1. The van der Waals surface area contributed by atoms with Crippen LogP contribution in [0, 0.1) is 0 Å². The number of hydrogen-bond donors (Lipinski definition) is 1. The monoisotopic (exact) mass is 374 g/mol. The van der Waals surface area contributed by atoms with E-state index in [0.29, 0.717) is 12.1 Å². The van der Waals surface area contributed by atoms with Gasteiger partial charge in [-0.1, -0.05) is 12.1 Å².